The van der Waals surface area contributed by atoms with E-state index in [1.807, 2.05) is 0 Å². The summed E-state index contributed by atoms with van der Waals surface area (Å²) in [6, 6.07) is 92.1. The van der Waals surface area contributed by atoms with Gasteiger partial charge in [-0.05, 0) is 115 Å². The highest BCUT2D eigenvalue weighted by Crippen LogP contribution is 2.45. The highest BCUT2D eigenvalue weighted by molar-refractivity contribution is 5.93. The quantitative estimate of drug-likeness (QED) is 0.133. The van der Waals surface area contributed by atoms with Crippen LogP contribution in [0.25, 0.3) is 77.9 Å². The molecule has 0 N–H and O–H groups in total. The van der Waals surface area contributed by atoms with Crippen LogP contribution in [0.4, 0.5) is 17.1 Å². The molecular formula is C61H45N. The highest BCUT2D eigenvalue weighted by atomic mass is 15.1. The van der Waals surface area contributed by atoms with Crippen molar-refractivity contribution in [1.29, 1.82) is 0 Å². The minimum Gasteiger partial charge on any atom is -0.310 e. The zero-order chi connectivity index (χ0) is 41.7. The number of rotatable bonds is 10. The summed E-state index contributed by atoms with van der Waals surface area (Å²) in [5, 5.41) is 0. The van der Waals surface area contributed by atoms with Crippen LogP contribution in [0.5, 0.6) is 0 Å². The number of nitrogens with zero attached hydrogens (tertiary/aromatic N) is 1. The summed E-state index contributed by atoms with van der Waals surface area (Å²) in [7, 11) is 0. The van der Waals surface area contributed by atoms with Crippen molar-refractivity contribution in [2.24, 2.45) is 0 Å². The molecule has 0 heterocycles. The van der Waals surface area contributed by atoms with Crippen molar-refractivity contribution in [1.82, 2.24) is 0 Å². The highest BCUT2D eigenvalue weighted by Gasteiger charge is 2.20. The summed E-state index contributed by atoms with van der Waals surface area (Å²) in [5.74, 6) is 0. The summed E-state index contributed by atoms with van der Waals surface area (Å²) < 4.78 is 0. The Labute approximate surface area is 365 Å². The molecule has 10 rings (SSSR count). The van der Waals surface area contributed by atoms with Gasteiger partial charge in [-0.3, -0.25) is 0 Å². The van der Waals surface area contributed by atoms with Gasteiger partial charge in [-0.1, -0.05) is 224 Å². The van der Waals surface area contributed by atoms with Crippen molar-refractivity contribution in [3.63, 3.8) is 0 Å². The maximum atomic E-state index is 2.42. The molecule has 0 aliphatic rings. The van der Waals surface area contributed by atoms with Gasteiger partial charge in [-0.2, -0.15) is 0 Å². The van der Waals surface area contributed by atoms with Crippen LogP contribution in [0.1, 0.15) is 5.56 Å². The van der Waals surface area contributed by atoms with Crippen LogP contribution in [0.15, 0.2) is 255 Å². The van der Waals surface area contributed by atoms with E-state index in [2.05, 4.69) is 267 Å². The van der Waals surface area contributed by atoms with Gasteiger partial charge in [-0.15, -0.1) is 0 Å². The van der Waals surface area contributed by atoms with Gasteiger partial charge in [0.25, 0.3) is 0 Å². The molecule has 0 spiro atoms. The molecule has 1 nitrogen and oxygen atoms in total. The van der Waals surface area contributed by atoms with Crippen molar-refractivity contribution < 1.29 is 0 Å². The molecular weight excluding hydrogens is 747 g/mol. The monoisotopic (exact) mass is 791 g/mol. The van der Waals surface area contributed by atoms with Crippen molar-refractivity contribution in [3.05, 3.63) is 260 Å². The summed E-state index contributed by atoms with van der Waals surface area (Å²) in [4.78, 5) is 2.42. The first-order chi connectivity index (χ1) is 30.7. The van der Waals surface area contributed by atoms with Crippen LogP contribution in [0.3, 0.4) is 0 Å². The van der Waals surface area contributed by atoms with Gasteiger partial charge in [0.2, 0.25) is 0 Å². The van der Waals surface area contributed by atoms with E-state index in [1.165, 1.54) is 72.3 Å². The molecule has 0 radical (unpaired) electrons. The third kappa shape index (κ3) is 7.88. The second-order valence-electron chi connectivity index (χ2n) is 15.8. The van der Waals surface area contributed by atoms with Crippen molar-refractivity contribution in [3.8, 4) is 77.9 Å². The topological polar surface area (TPSA) is 3.24 Å². The molecule has 0 bridgehead atoms. The maximum absolute atomic E-state index is 2.42. The van der Waals surface area contributed by atoms with Crippen LogP contribution < -0.4 is 4.90 Å². The van der Waals surface area contributed by atoms with E-state index in [1.54, 1.807) is 0 Å². The first-order valence-corrected chi connectivity index (χ1v) is 21.3. The van der Waals surface area contributed by atoms with E-state index in [0.717, 1.165) is 28.2 Å². The lowest BCUT2D eigenvalue weighted by Gasteiger charge is -2.29. The lowest BCUT2D eigenvalue weighted by molar-refractivity contribution is 1.28. The maximum Gasteiger partial charge on any atom is 0.0540 e. The Balaban J connectivity index is 1.08. The predicted octanol–water partition coefficient (Wildman–Crippen LogP) is 17.1. The van der Waals surface area contributed by atoms with Gasteiger partial charge < -0.3 is 4.90 Å². The minimum absolute atomic E-state index is 1.08. The zero-order valence-electron chi connectivity index (χ0n) is 34.7. The van der Waals surface area contributed by atoms with Crippen LogP contribution >= 0.6 is 0 Å². The first-order valence-electron chi connectivity index (χ1n) is 21.3. The number of aryl methyl sites for hydroxylation is 1. The molecule has 0 amide bonds. The number of anilines is 3. The molecule has 0 saturated heterocycles. The van der Waals surface area contributed by atoms with Gasteiger partial charge in [0, 0.05) is 16.9 Å². The smallest absolute Gasteiger partial charge is 0.0540 e. The number of hydrogen-bond acceptors (Lipinski definition) is 1. The van der Waals surface area contributed by atoms with E-state index in [0.29, 0.717) is 0 Å². The first kappa shape index (κ1) is 38.2. The molecule has 0 unspecified atom stereocenters. The largest absolute Gasteiger partial charge is 0.310 e. The fourth-order valence-electron chi connectivity index (χ4n) is 8.64. The van der Waals surface area contributed by atoms with E-state index in [4.69, 9.17) is 0 Å². The molecule has 62 heavy (non-hydrogen) atoms. The summed E-state index contributed by atoms with van der Waals surface area (Å²) in [6.45, 7) is 2.24. The Kier molecular flexibility index (Phi) is 10.7. The second kappa shape index (κ2) is 17.3. The SMILES string of the molecule is Cc1cc(-c2ccc(-c3ccccc3)cc2)ccc1-c1ccc(N(c2ccc(-c3ccccc3)cc2)c2ccccc2-c2ccc(-c3ccccc3)cc2)cc1-c1ccccc1. The minimum atomic E-state index is 1.08. The van der Waals surface area contributed by atoms with Crippen LogP contribution in [0, 0.1) is 6.92 Å². The lowest BCUT2D eigenvalue weighted by atomic mass is 9.89. The van der Waals surface area contributed by atoms with E-state index < -0.39 is 0 Å². The Morgan fingerprint density at radius 2 is 0.581 bits per heavy atom. The normalized spacial score (nSPS) is 11.0. The van der Waals surface area contributed by atoms with Gasteiger partial charge >= 0.3 is 0 Å². The number of benzene rings is 10. The van der Waals surface area contributed by atoms with Crippen molar-refractivity contribution in [2.75, 3.05) is 4.90 Å². The molecule has 0 fully saturated rings. The fourth-order valence-corrected chi connectivity index (χ4v) is 8.64. The van der Waals surface area contributed by atoms with Crippen LogP contribution in [-0.4, -0.2) is 0 Å². The van der Waals surface area contributed by atoms with E-state index in [-0.39, 0.29) is 0 Å². The second-order valence-corrected chi connectivity index (χ2v) is 15.8. The summed E-state index contributed by atoms with van der Waals surface area (Å²) in [5.41, 5.74) is 21.3. The molecule has 1 heteroatoms. The molecule has 0 atom stereocenters. The van der Waals surface area contributed by atoms with Crippen molar-refractivity contribution >= 4 is 17.1 Å². The summed E-state index contributed by atoms with van der Waals surface area (Å²) in [6.07, 6.45) is 0. The fraction of sp³-hybridized carbons (Fsp3) is 0.0164. The molecule has 10 aromatic rings. The van der Waals surface area contributed by atoms with Gasteiger partial charge in [0.15, 0.2) is 0 Å². The molecule has 0 aromatic heterocycles. The number of para-hydroxylation sites is 1. The predicted molar refractivity (Wildman–Crippen MR) is 264 cm³/mol. The Bertz CT molecular complexity index is 3060. The average Bonchev–Trinajstić information content (AvgIpc) is 3.36. The molecule has 0 aliphatic heterocycles. The zero-order valence-corrected chi connectivity index (χ0v) is 34.7. The van der Waals surface area contributed by atoms with Crippen LogP contribution in [-0.2, 0) is 0 Å². The van der Waals surface area contributed by atoms with Gasteiger partial charge in [0.1, 0.15) is 0 Å². The standard InChI is InChI=1S/C61H45N/c1-44-42-54(51-28-26-48(27-29-51)45-16-6-2-7-17-45)36-40-57(44)59-41-39-56(43-60(59)52-22-12-5-13-23-52)62(55-37-34-50(35-38-55)47-20-10-4-11-21-47)61-25-15-14-24-58(61)53-32-30-49(31-33-53)46-18-8-3-9-19-46/h2-43H,1H3. The van der Waals surface area contributed by atoms with Gasteiger partial charge in [0.05, 0.1) is 5.69 Å². The lowest BCUT2D eigenvalue weighted by Crippen LogP contribution is -2.11. The summed E-state index contributed by atoms with van der Waals surface area (Å²) >= 11 is 0. The molecule has 294 valence electrons. The van der Waals surface area contributed by atoms with Crippen molar-refractivity contribution in [2.45, 2.75) is 6.92 Å². The number of hydrogen-bond donors (Lipinski definition) is 0. The Hall–Kier alpha value is -8.00. The Morgan fingerprint density at radius 1 is 0.226 bits per heavy atom. The Morgan fingerprint density at radius 3 is 1.10 bits per heavy atom. The molecule has 10 aromatic carbocycles. The molecule has 0 saturated carbocycles. The molecule has 0 aliphatic carbocycles. The third-order valence-corrected chi connectivity index (χ3v) is 11.9. The average molecular weight is 792 g/mol. The van der Waals surface area contributed by atoms with E-state index in [9.17, 15) is 0 Å². The van der Waals surface area contributed by atoms with E-state index >= 15 is 0 Å². The third-order valence-electron chi connectivity index (χ3n) is 11.9. The van der Waals surface area contributed by atoms with Crippen LogP contribution in [0.2, 0.25) is 0 Å². The van der Waals surface area contributed by atoms with Gasteiger partial charge in [-0.25, -0.2) is 0 Å².